The minimum atomic E-state index is 0. The lowest BCUT2D eigenvalue weighted by Crippen LogP contribution is -3.00. The Labute approximate surface area is 172 Å². The van der Waals surface area contributed by atoms with E-state index in [9.17, 15) is 0 Å². The van der Waals surface area contributed by atoms with Crippen molar-refractivity contribution in [1.82, 2.24) is 0 Å². The Kier molecular flexibility index (Phi) is 5.47. The summed E-state index contributed by atoms with van der Waals surface area (Å²) in [6.07, 6.45) is 8.87. The van der Waals surface area contributed by atoms with Crippen LogP contribution >= 0.6 is 0 Å². The normalized spacial score (nSPS) is 14.4. The monoisotopic (exact) mass is 454 g/mol. The van der Waals surface area contributed by atoms with Gasteiger partial charge in [-0.1, -0.05) is 30.3 Å². The zero-order valence-electron chi connectivity index (χ0n) is 15.4. The van der Waals surface area contributed by atoms with Gasteiger partial charge in [-0.2, -0.15) is 4.57 Å². The molecule has 0 atom stereocenters. The van der Waals surface area contributed by atoms with Gasteiger partial charge in [-0.05, 0) is 54.8 Å². The van der Waals surface area contributed by atoms with Crippen molar-refractivity contribution in [1.29, 1.82) is 0 Å². The van der Waals surface area contributed by atoms with Gasteiger partial charge in [0.25, 0.3) is 0 Å². The van der Waals surface area contributed by atoms with Gasteiger partial charge >= 0.3 is 0 Å². The van der Waals surface area contributed by atoms with Crippen LogP contribution in [0.4, 0.5) is 5.69 Å². The lowest BCUT2D eigenvalue weighted by Gasteiger charge is -2.26. The summed E-state index contributed by atoms with van der Waals surface area (Å²) in [6, 6.07) is 17.4. The summed E-state index contributed by atoms with van der Waals surface area (Å²) < 4.78 is 2.31. The van der Waals surface area contributed by atoms with E-state index in [1.807, 2.05) is 0 Å². The largest absolute Gasteiger partial charge is 1.00 e. The number of halogens is 1. The van der Waals surface area contributed by atoms with E-state index in [1.54, 1.807) is 0 Å². The maximum absolute atomic E-state index is 2.31. The molecular formula is C23H23IN2. The Hall–Kier alpha value is -2.14. The highest BCUT2D eigenvalue weighted by Gasteiger charge is 2.15. The maximum atomic E-state index is 2.31. The number of hydrogen-bond acceptors (Lipinski definition) is 1. The van der Waals surface area contributed by atoms with Crippen molar-refractivity contribution >= 4 is 28.7 Å². The van der Waals surface area contributed by atoms with Crippen LogP contribution < -0.4 is 33.4 Å². The number of allylic oxidation sites excluding steroid dienone is 1. The molecule has 0 saturated heterocycles. The molecule has 0 amide bonds. The molecule has 1 aliphatic rings. The second-order valence-electron chi connectivity index (χ2n) is 6.60. The fraction of sp³-hybridized carbons (Fsp3) is 0.174. The van der Waals surface area contributed by atoms with Crippen molar-refractivity contribution in [3.05, 3.63) is 83.2 Å². The highest BCUT2D eigenvalue weighted by atomic mass is 127. The maximum Gasteiger partial charge on any atom is 0.213 e. The molecule has 2 aromatic carbocycles. The first-order chi connectivity index (χ1) is 12.2. The average Bonchev–Trinajstić information content (AvgIpc) is 2.64. The molecule has 0 unspecified atom stereocenters. The van der Waals surface area contributed by atoms with E-state index in [0.717, 1.165) is 6.54 Å². The molecule has 4 rings (SSSR count). The van der Waals surface area contributed by atoms with Gasteiger partial charge in [-0.3, -0.25) is 0 Å². The first kappa shape index (κ1) is 18.6. The molecule has 132 valence electrons. The van der Waals surface area contributed by atoms with Crippen LogP contribution in [0.1, 0.15) is 23.6 Å². The fourth-order valence-electron chi connectivity index (χ4n) is 3.53. The summed E-state index contributed by atoms with van der Waals surface area (Å²) >= 11 is 0. The lowest BCUT2D eigenvalue weighted by atomic mass is 10.0. The molecule has 1 aliphatic heterocycles. The van der Waals surface area contributed by atoms with Crippen molar-refractivity contribution in [2.75, 3.05) is 11.9 Å². The molecule has 2 heterocycles. The van der Waals surface area contributed by atoms with Gasteiger partial charge < -0.3 is 28.9 Å². The molecule has 1 aromatic heterocycles. The van der Waals surface area contributed by atoms with Crippen LogP contribution in [0.5, 0.6) is 0 Å². The number of aromatic nitrogens is 1. The van der Waals surface area contributed by atoms with Crippen molar-refractivity contribution in [2.45, 2.75) is 20.4 Å². The second-order valence-corrected chi connectivity index (χ2v) is 6.60. The van der Waals surface area contributed by atoms with Gasteiger partial charge in [0, 0.05) is 30.6 Å². The van der Waals surface area contributed by atoms with Crippen LogP contribution in [0.3, 0.4) is 0 Å². The van der Waals surface area contributed by atoms with Crippen molar-refractivity contribution in [2.24, 2.45) is 0 Å². The van der Waals surface area contributed by atoms with Crippen LogP contribution in [0.15, 0.2) is 66.5 Å². The third-order valence-corrected chi connectivity index (χ3v) is 4.97. The van der Waals surface area contributed by atoms with E-state index in [-0.39, 0.29) is 24.0 Å². The SMILES string of the molecule is CC[n+]1ccc(/C=C2\C=Cc3ccccc3N2C)c2ccc(C)cc21.[I-]. The molecule has 0 bridgehead atoms. The number of para-hydroxylation sites is 1. The summed E-state index contributed by atoms with van der Waals surface area (Å²) in [5.41, 5.74) is 7.55. The highest BCUT2D eigenvalue weighted by Crippen LogP contribution is 2.31. The van der Waals surface area contributed by atoms with E-state index in [4.69, 9.17) is 0 Å². The van der Waals surface area contributed by atoms with Crippen LogP contribution in [0.2, 0.25) is 0 Å². The third kappa shape index (κ3) is 3.28. The summed E-state index contributed by atoms with van der Waals surface area (Å²) in [4.78, 5) is 2.26. The highest BCUT2D eigenvalue weighted by molar-refractivity contribution is 5.89. The van der Waals surface area contributed by atoms with Gasteiger partial charge in [-0.25, -0.2) is 0 Å². The molecule has 0 saturated carbocycles. The van der Waals surface area contributed by atoms with Gasteiger partial charge in [0.05, 0.1) is 5.39 Å². The van der Waals surface area contributed by atoms with Crippen LogP contribution in [0, 0.1) is 6.92 Å². The number of anilines is 1. The van der Waals surface area contributed by atoms with Crippen LogP contribution in [-0.4, -0.2) is 7.05 Å². The average molecular weight is 454 g/mol. The number of likely N-dealkylation sites (N-methyl/N-ethyl adjacent to an activating group) is 1. The quantitative estimate of drug-likeness (QED) is 0.425. The minimum absolute atomic E-state index is 0. The number of hydrogen-bond donors (Lipinski definition) is 0. The summed E-state index contributed by atoms with van der Waals surface area (Å²) in [7, 11) is 2.13. The summed E-state index contributed by atoms with van der Waals surface area (Å²) in [5, 5.41) is 1.29. The Morgan fingerprint density at radius 2 is 1.85 bits per heavy atom. The van der Waals surface area contributed by atoms with E-state index in [2.05, 4.69) is 103 Å². The number of rotatable bonds is 2. The third-order valence-electron chi connectivity index (χ3n) is 4.97. The molecule has 0 aliphatic carbocycles. The molecule has 0 N–H and O–H groups in total. The predicted octanol–water partition coefficient (Wildman–Crippen LogP) is 1.96. The molecule has 3 aromatic rings. The number of nitrogens with zero attached hydrogens (tertiary/aromatic N) is 2. The van der Waals surface area contributed by atoms with E-state index < -0.39 is 0 Å². The molecule has 0 spiro atoms. The fourth-order valence-corrected chi connectivity index (χ4v) is 3.53. The smallest absolute Gasteiger partial charge is 0.213 e. The lowest BCUT2D eigenvalue weighted by molar-refractivity contribution is -0.667. The van der Waals surface area contributed by atoms with Crippen molar-refractivity contribution in [3.63, 3.8) is 0 Å². The van der Waals surface area contributed by atoms with Gasteiger partial charge in [0.15, 0.2) is 6.20 Å². The molecule has 26 heavy (non-hydrogen) atoms. The standard InChI is InChI=1S/C23H23N2.HI/c1-4-25-14-13-19(21-12-9-17(2)15-23(21)25)16-20-11-10-18-7-5-6-8-22(18)24(20)3;/h5-16H,4H2,1-3H3;1H/q+1;/p-1. The minimum Gasteiger partial charge on any atom is -1.00 e. The van der Waals surface area contributed by atoms with Gasteiger partial charge in [-0.15, -0.1) is 0 Å². The Morgan fingerprint density at radius 3 is 2.65 bits per heavy atom. The van der Waals surface area contributed by atoms with E-state index in [1.165, 1.54) is 39.0 Å². The predicted molar refractivity (Wildman–Crippen MR) is 106 cm³/mol. The molecule has 2 nitrogen and oxygen atoms in total. The Balaban J connectivity index is 0.00000196. The molecule has 0 fully saturated rings. The number of aryl methyl sites for hydroxylation is 2. The summed E-state index contributed by atoms with van der Waals surface area (Å²) in [5.74, 6) is 0. The molecular weight excluding hydrogens is 431 g/mol. The topological polar surface area (TPSA) is 7.12 Å². The van der Waals surface area contributed by atoms with E-state index in [0.29, 0.717) is 0 Å². The molecule has 0 radical (unpaired) electrons. The molecule has 3 heteroatoms. The van der Waals surface area contributed by atoms with Crippen LogP contribution in [-0.2, 0) is 6.54 Å². The second kappa shape index (κ2) is 7.62. The first-order valence-electron chi connectivity index (χ1n) is 8.82. The van der Waals surface area contributed by atoms with Crippen LogP contribution in [0.25, 0.3) is 23.1 Å². The Morgan fingerprint density at radius 1 is 1.04 bits per heavy atom. The number of benzene rings is 2. The Bertz CT molecular complexity index is 1020. The van der Waals surface area contributed by atoms with E-state index >= 15 is 0 Å². The summed E-state index contributed by atoms with van der Waals surface area (Å²) in [6.45, 7) is 5.32. The number of pyridine rings is 1. The zero-order valence-corrected chi connectivity index (χ0v) is 17.6. The number of fused-ring (bicyclic) bond motifs is 2. The van der Waals surface area contributed by atoms with Crippen molar-refractivity contribution in [3.8, 4) is 0 Å². The first-order valence-corrected chi connectivity index (χ1v) is 8.82. The van der Waals surface area contributed by atoms with Gasteiger partial charge in [0.2, 0.25) is 5.52 Å². The van der Waals surface area contributed by atoms with Gasteiger partial charge in [0.1, 0.15) is 6.54 Å². The van der Waals surface area contributed by atoms with Crippen molar-refractivity contribution < 1.29 is 28.5 Å². The zero-order chi connectivity index (χ0) is 17.4.